The number of likely N-dealkylation sites (N-methyl/N-ethyl adjacent to an activating group) is 1. The van der Waals surface area contributed by atoms with E-state index in [2.05, 4.69) is 4.90 Å². The molecule has 1 unspecified atom stereocenters. The van der Waals surface area contributed by atoms with E-state index in [0.717, 1.165) is 24.3 Å². The monoisotopic (exact) mass is 312 g/mol. The van der Waals surface area contributed by atoms with E-state index in [1.807, 2.05) is 31.3 Å². The first kappa shape index (κ1) is 17.8. The highest BCUT2D eigenvalue weighted by atomic mass is 32.1. The van der Waals surface area contributed by atoms with Gasteiger partial charge in [-0.05, 0) is 37.7 Å². The number of aliphatic hydroxyl groups is 1. The van der Waals surface area contributed by atoms with E-state index in [1.54, 1.807) is 7.11 Å². The maximum Gasteiger partial charge on any atom is 0.119 e. The molecule has 0 aliphatic rings. The van der Waals surface area contributed by atoms with Crippen LogP contribution in [-0.4, -0.2) is 61.6 Å². The summed E-state index contributed by atoms with van der Waals surface area (Å²) in [5, 5.41) is 9.61. The smallest absolute Gasteiger partial charge is 0.119 e. The fraction of sp³-hybridized carbons (Fsp3) is 0.533. The number of hydrogen-bond acceptors (Lipinski definition) is 5. The van der Waals surface area contributed by atoms with Gasteiger partial charge in [0.1, 0.15) is 10.7 Å². The molecule has 0 bridgehead atoms. The normalized spacial score (nSPS) is 12.4. The Kier molecular flexibility index (Phi) is 8.22. The fourth-order valence-electron chi connectivity index (χ4n) is 1.94. The van der Waals surface area contributed by atoms with Gasteiger partial charge in [-0.15, -0.1) is 0 Å². The van der Waals surface area contributed by atoms with Crippen LogP contribution < -0.4 is 10.5 Å². The molecule has 5 nitrogen and oxygen atoms in total. The average Bonchev–Trinajstić information content (AvgIpc) is 2.44. The maximum atomic E-state index is 9.61. The summed E-state index contributed by atoms with van der Waals surface area (Å²) in [5.74, 6) is 0.803. The molecule has 1 aromatic carbocycles. The van der Waals surface area contributed by atoms with Gasteiger partial charge in [-0.3, -0.25) is 0 Å². The highest BCUT2D eigenvalue weighted by Gasteiger charge is 2.07. The largest absolute Gasteiger partial charge is 0.494 e. The molecular weight excluding hydrogens is 288 g/mol. The summed E-state index contributed by atoms with van der Waals surface area (Å²) in [6, 6.07) is 7.43. The number of nitrogens with zero attached hydrogens (tertiary/aromatic N) is 1. The number of hydrogen-bond donors (Lipinski definition) is 2. The molecule has 0 saturated heterocycles. The third-order valence-corrected chi connectivity index (χ3v) is 3.21. The van der Waals surface area contributed by atoms with Crippen molar-refractivity contribution in [3.63, 3.8) is 0 Å². The highest BCUT2D eigenvalue weighted by Crippen LogP contribution is 2.12. The van der Waals surface area contributed by atoms with Crippen LogP contribution in [0.5, 0.6) is 5.75 Å². The molecule has 21 heavy (non-hydrogen) atoms. The minimum Gasteiger partial charge on any atom is -0.494 e. The van der Waals surface area contributed by atoms with Gasteiger partial charge in [0.25, 0.3) is 0 Å². The van der Waals surface area contributed by atoms with Crippen LogP contribution in [0.4, 0.5) is 0 Å². The summed E-state index contributed by atoms with van der Waals surface area (Å²) < 4.78 is 10.5. The Morgan fingerprint density at radius 3 is 2.62 bits per heavy atom. The van der Waals surface area contributed by atoms with Crippen LogP contribution in [0.3, 0.4) is 0 Å². The third kappa shape index (κ3) is 7.38. The molecule has 3 N–H and O–H groups in total. The van der Waals surface area contributed by atoms with Crippen LogP contribution in [0, 0.1) is 0 Å². The lowest BCUT2D eigenvalue weighted by molar-refractivity contribution is 0.0424. The van der Waals surface area contributed by atoms with Gasteiger partial charge in [0, 0.05) is 25.8 Å². The number of thiocarbonyl (C=S) groups is 1. The number of rotatable bonds is 10. The van der Waals surface area contributed by atoms with Crippen molar-refractivity contribution in [1.29, 1.82) is 0 Å². The van der Waals surface area contributed by atoms with Crippen molar-refractivity contribution in [2.45, 2.75) is 12.5 Å². The number of ether oxygens (including phenoxy) is 2. The van der Waals surface area contributed by atoms with E-state index in [4.69, 9.17) is 27.4 Å². The molecule has 0 aliphatic carbocycles. The number of benzene rings is 1. The standard InChI is InChI=1S/C15H24N2O3S/c1-17(10-13(18)11-19-2)8-3-9-20-14-6-4-12(5-7-14)15(16)21/h4-7,13,18H,3,8-11H2,1-2H3,(H2,16,21). The first-order chi connectivity index (χ1) is 10.0. The Labute approximate surface area is 131 Å². The second-order valence-corrected chi connectivity index (χ2v) is 5.40. The van der Waals surface area contributed by atoms with Crippen molar-refractivity contribution in [3.8, 4) is 5.75 Å². The lowest BCUT2D eigenvalue weighted by Gasteiger charge is -2.20. The van der Waals surface area contributed by atoms with Gasteiger partial charge in [0.15, 0.2) is 0 Å². The second-order valence-electron chi connectivity index (χ2n) is 4.96. The van der Waals surface area contributed by atoms with E-state index < -0.39 is 6.10 Å². The third-order valence-electron chi connectivity index (χ3n) is 2.97. The SMILES string of the molecule is COCC(O)CN(C)CCCOc1ccc(C(N)=S)cc1. The Balaban J connectivity index is 2.20. The second kappa shape index (κ2) is 9.68. The van der Waals surface area contributed by atoms with E-state index in [0.29, 0.717) is 24.7 Å². The quantitative estimate of drug-likeness (QED) is 0.497. The van der Waals surface area contributed by atoms with Crippen molar-refractivity contribution >= 4 is 17.2 Å². The molecule has 0 aliphatic heterocycles. The van der Waals surface area contributed by atoms with E-state index >= 15 is 0 Å². The Morgan fingerprint density at radius 1 is 1.38 bits per heavy atom. The van der Waals surface area contributed by atoms with Crippen molar-refractivity contribution in [1.82, 2.24) is 4.90 Å². The van der Waals surface area contributed by atoms with Gasteiger partial charge in [0.05, 0.1) is 19.3 Å². The van der Waals surface area contributed by atoms with Crippen molar-refractivity contribution in [2.24, 2.45) is 5.73 Å². The van der Waals surface area contributed by atoms with Crippen molar-refractivity contribution in [3.05, 3.63) is 29.8 Å². The van der Waals surface area contributed by atoms with Crippen LogP contribution in [0.1, 0.15) is 12.0 Å². The van der Waals surface area contributed by atoms with E-state index in [-0.39, 0.29) is 0 Å². The molecule has 0 spiro atoms. The number of methoxy groups -OCH3 is 1. The van der Waals surface area contributed by atoms with Gasteiger partial charge in [0.2, 0.25) is 0 Å². The zero-order chi connectivity index (χ0) is 15.7. The highest BCUT2D eigenvalue weighted by molar-refractivity contribution is 7.80. The Bertz CT molecular complexity index is 425. The lowest BCUT2D eigenvalue weighted by Crippen LogP contribution is -2.33. The van der Waals surface area contributed by atoms with E-state index in [1.165, 1.54) is 0 Å². The van der Waals surface area contributed by atoms with Gasteiger partial charge in [-0.2, -0.15) is 0 Å². The molecule has 6 heteroatoms. The first-order valence-electron chi connectivity index (χ1n) is 6.91. The molecular formula is C15H24N2O3S. The zero-order valence-corrected chi connectivity index (χ0v) is 13.4. The summed E-state index contributed by atoms with van der Waals surface area (Å²) in [4.78, 5) is 2.45. The van der Waals surface area contributed by atoms with Gasteiger partial charge in [-0.25, -0.2) is 0 Å². The molecule has 118 valence electrons. The predicted molar refractivity (Wildman–Crippen MR) is 87.8 cm³/mol. The number of aliphatic hydroxyl groups excluding tert-OH is 1. The number of nitrogens with two attached hydrogens (primary N) is 1. The zero-order valence-electron chi connectivity index (χ0n) is 12.6. The van der Waals surface area contributed by atoms with Crippen LogP contribution in [0.2, 0.25) is 0 Å². The van der Waals surface area contributed by atoms with Crippen LogP contribution in [-0.2, 0) is 4.74 Å². The topological polar surface area (TPSA) is 68.0 Å². The van der Waals surface area contributed by atoms with Gasteiger partial charge < -0.3 is 25.2 Å². The minimum atomic E-state index is -0.450. The summed E-state index contributed by atoms with van der Waals surface area (Å²) in [6.07, 6.45) is 0.432. The van der Waals surface area contributed by atoms with Crippen LogP contribution in [0.15, 0.2) is 24.3 Å². The summed E-state index contributed by atoms with van der Waals surface area (Å²) >= 11 is 4.90. The summed E-state index contributed by atoms with van der Waals surface area (Å²) in [7, 11) is 3.55. The summed E-state index contributed by atoms with van der Waals surface area (Å²) in [6.45, 7) is 2.43. The van der Waals surface area contributed by atoms with Crippen molar-refractivity contribution < 1.29 is 14.6 Å². The molecule has 0 aromatic heterocycles. The molecule has 0 radical (unpaired) electrons. The molecule has 1 aromatic rings. The maximum absolute atomic E-state index is 9.61. The van der Waals surface area contributed by atoms with Crippen molar-refractivity contribution in [2.75, 3.05) is 40.5 Å². The van der Waals surface area contributed by atoms with Crippen LogP contribution in [0.25, 0.3) is 0 Å². The fourth-order valence-corrected chi connectivity index (χ4v) is 2.07. The lowest BCUT2D eigenvalue weighted by atomic mass is 10.2. The van der Waals surface area contributed by atoms with Gasteiger partial charge >= 0.3 is 0 Å². The molecule has 1 atom stereocenters. The molecule has 0 amide bonds. The Morgan fingerprint density at radius 2 is 2.05 bits per heavy atom. The molecule has 0 saturated carbocycles. The molecule has 0 fully saturated rings. The molecule has 1 rings (SSSR count). The van der Waals surface area contributed by atoms with Crippen LogP contribution >= 0.6 is 12.2 Å². The summed E-state index contributed by atoms with van der Waals surface area (Å²) in [5.41, 5.74) is 6.37. The van der Waals surface area contributed by atoms with Gasteiger partial charge in [-0.1, -0.05) is 12.2 Å². The minimum absolute atomic E-state index is 0.357. The Hall–Kier alpha value is -1.21. The van der Waals surface area contributed by atoms with E-state index in [9.17, 15) is 5.11 Å². The molecule has 0 heterocycles. The average molecular weight is 312 g/mol. The first-order valence-corrected chi connectivity index (χ1v) is 7.32. The predicted octanol–water partition coefficient (Wildman–Crippen LogP) is 1.03.